The standard InChI is InChI=1S/C19H14FNO2S/c20-15-10-12-16(13-11-15)24(23)18-9-5-4-8-17(18)21-19(22)14-6-2-1-3-7-14/h1-13H,(H,21,22). The van der Waals surface area contributed by atoms with E-state index in [1.54, 1.807) is 48.5 Å². The number of benzene rings is 3. The molecule has 3 aromatic rings. The van der Waals surface area contributed by atoms with Crippen molar-refractivity contribution in [3.05, 3.63) is 90.2 Å². The van der Waals surface area contributed by atoms with Crippen molar-refractivity contribution in [3.63, 3.8) is 0 Å². The van der Waals surface area contributed by atoms with E-state index in [9.17, 15) is 13.7 Å². The van der Waals surface area contributed by atoms with E-state index in [2.05, 4.69) is 5.32 Å². The third-order valence-electron chi connectivity index (χ3n) is 3.40. The molecule has 0 fully saturated rings. The fourth-order valence-electron chi connectivity index (χ4n) is 2.20. The van der Waals surface area contributed by atoms with Gasteiger partial charge >= 0.3 is 0 Å². The first-order chi connectivity index (χ1) is 11.6. The summed E-state index contributed by atoms with van der Waals surface area (Å²) in [6, 6.07) is 21.1. The van der Waals surface area contributed by atoms with Gasteiger partial charge in [0.15, 0.2) is 9.79 Å². The molecule has 3 rings (SSSR count). The summed E-state index contributed by atoms with van der Waals surface area (Å²) in [4.78, 5) is 13.2. The van der Waals surface area contributed by atoms with Gasteiger partial charge in [-0.3, -0.25) is 4.79 Å². The molecule has 24 heavy (non-hydrogen) atoms. The topological polar surface area (TPSA) is 52.2 Å². The molecular formula is C19H14FNO2S. The number of halogens is 1. The van der Waals surface area contributed by atoms with Crippen molar-refractivity contribution >= 4 is 22.8 Å². The highest BCUT2D eigenvalue weighted by molar-refractivity contribution is 7.91. The number of anilines is 1. The van der Waals surface area contributed by atoms with Crippen LogP contribution in [0.1, 0.15) is 10.4 Å². The first-order valence-corrected chi connectivity index (χ1v) is 8.43. The van der Waals surface area contributed by atoms with E-state index in [-0.39, 0.29) is 11.7 Å². The zero-order chi connectivity index (χ0) is 16.9. The summed E-state index contributed by atoms with van der Waals surface area (Å²) in [5, 5.41) is 2.78. The van der Waals surface area contributed by atoms with Crippen LogP contribution in [0.4, 0.5) is 10.1 Å². The van der Waals surface area contributed by atoms with E-state index >= 15 is 0 Å². The van der Waals surface area contributed by atoms with Gasteiger partial charge in [0, 0.05) is 16.7 Å². The molecule has 1 unspecified atom stereocenters. The van der Waals surface area contributed by atoms with Crippen molar-refractivity contribution in [1.82, 2.24) is 0 Å². The minimum atomic E-state index is -1.52. The number of nitrogens with one attached hydrogen (secondary N) is 1. The van der Waals surface area contributed by atoms with Gasteiger partial charge in [-0.15, -0.1) is 0 Å². The van der Waals surface area contributed by atoms with E-state index in [0.717, 1.165) is 0 Å². The van der Waals surface area contributed by atoms with E-state index in [0.29, 0.717) is 21.0 Å². The molecule has 0 aliphatic carbocycles. The van der Waals surface area contributed by atoms with E-state index in [1.165, 1.54) is 24.3 Å². The normalized spacial score (nSPS) is 11.8. The van der Waals surface area contributed by atoms with E-state index < -0.39 is 11.2 Å². The fraction of sp³-hybridized carbons (Fsp3) is 0. The second kappa shape index (κ2) is 7.29. The smallest absolute Gasteiger partial charge is 0.255 e. The molecule has 120 valence electrons. The maximum Gasteiger partial charge on any atom is 0.255 e. The Morgan fingerprint density at radius 1 is 0.875 bits per heavy atom. The molecule has 0 bridgehead atoms. The largest absolute Gasteiger partial charge is 0.606 e. The molecule has 1 N–H and O–H groups in total. The molecule has 0 radical (unpaired) electrons. The van der Waals surface area contributed by atoms with Crippen molar-refractivity contribution in [3.8, 4) is 0 Å². The van der Waals surface area contributed by atoms with Crippen LogP contribution in [0.25, 0.3) is 0 Å². The average molecular weight is 339 g/mol. The van der Waals surface area contributed by atoms with Crippen molar-refractivity contribution < 1.29 is 13.7 Å². The van der Waals surface area contributed by atoms with Gasteiger partial charge in [0.05, 0.1) is 5.69 Å². The van der Waals surface area contributed by atoms with Crippen LogP contribution in [0, 0.1) is 5.82 Å². The van der Waals surface area contributed by atoms with E-state index in [1.807, 2.05) is 6.07 Å². The maximum absolute atomic E-state index is 13.0. The van der Waals surface area contributed by atoms with Crippen molar-refractivity contribution in [2.24, 2.45) is 0 Å². The minimum Gasteiger partial charge on any atom is -0.606 e. The van der Waals surface area contributed by atoms with Gasteiger partial charge < -0.3 is 9.87 Å². The van der Waals surface area contributed by atoms with Gasteiger partial charge in [0.1, 0.15) is 5.82 Å². The highest BCUT2D eigenvalue weighted by Gasteiger charge is 2.20. The lowest BCUT2D eigenvalue weighted by atomic mass is 10.2. The van der Waals surface area contributed by atoms with Gasteiger partial charge in [-0.1, -0.05) is 30.3 Å². The lowest BCUT2D eigenvalue weighted by Gasteiger charge is -2.14. The van der Waals surface area contributed by atoms with Gasteiger partial charge in [0.25, 0.3) is 5.91 Å². The second-order valence-electron chi connectivity index (χ2n) is 5.04. The summed E-state index contributed by atoms with van der Waals surface area (Å²) in [6.45, 7) is 0. The molecule has 0 saturated heterocycles. The van der Waals surface area contributed by atoms with Crippen LogP contribution < -0.4 is 5.32 Å². The van der Waals surface area contributed by atoms with Crippen LogP contribution in [-0.4, -0.2) is 10.5 Å². The molecule has 3 aromatic carbocycles. The molecule has 1 amide bonds. The number of hydrogen-bond acceptors (Lipinski definition) is 2. The summed E-state index contributed by atoms with van der Waals surface area (Å²) < 4.78 is 25.8. The minimum absolute atomic E-state index is 0.279. The number of rotatable bonds is 4. The molecule has 0 aliphatic rings. The molecule has 0 aliphatic heterocycles. The number of amides is 1. The zero-order valence-corrected chi connectivity index (χ0v) is 13.4. The highest BCUT2D eigenvalue weighted by Crippen LogP contribution is 2.28. The third kappa shape index (κ3) is 3.64. The molecular weight excluding hydrogens is 325 g/mol. The number of hydrogen-bond donors (Lipinski definition) is 1. The Bertz CT molecular complexity index is 838. The van der Waals surface area contributed by atoms with E-state index in [4.69, 9.17) is 0 Å². The Labute approximate surface area is 142 Å². The summed E-state index contributed by atoms with van der Waals surface area (Å²) >= 11 is -1.52. The monoisotopic (exact) mass is 339 g/mol. The third-order valence-corrected chi connectivity index (χ3v) is 4.85. The Hall–Kier alpha value is -2.63. The molecule has 0 saturated carbocycles. The Morgan fingerprint density at radius 2 is 1.50 bits per heavy atom. The molecule has 0 aromatic heterocycles. The molecule has 3 nitrogen and oxygen atoms in total. The average Bonchev–Trinajstić information content (AvgIpc) is 2.63. The van der Waals surface area contributed by atoms with Crippen LogP contribution in [0.5, 0.6) is 0 Å². The lowest BCUT2D eigenvalue weighted by molar-refractivity contribution is 0.102. The summed E-state index contributed by atoms with van der Waals surface area (Å²) in [5.41, 5.74) is 0.980. The lowest BCUT2D eigenvalue weighted by Crippen LogP contribution is -2.15. The molecule has 0 spiro atoms. The Kier molecular flexibility index (Phi) is 4.93. The first-order valence-electron chi connectivity index (χ1n) is 7.28. The maximum atomic E-state index is 13.0. The Morgan fingerprint density at radius 3 is 2.21 bits per heavy atom. The number of carbonyl (C=O) groups excluding carboxylic acids is 1. The molecule has 1 atom stereocenters. The van der Waals surface area contributed by atoms with Gasteiger partial charge in [0.2, 0.25) is 0 Å². The molecule has 0 heterocycles. The highest BCUT2D eigenvalue weighted by atomic mass is 32.2. The van der Waals surface area contributed by atoms with Crippen molar-refractivity contribution in [2.75, 3.05) is 5.32 Å². The summed E-state index contributed by atoms with van der Waals surface area (Å²) in [5.74, 6) is -0.666. The summed E-state index contributed by atoms with van der Waals surface area (Å²) in [7, 11) is 0. The van der Waals surface area contributed by atoms with Crippen LogP contribution >= 0.6 is 0 Å². The van der Waals surface area contributed by atoms with Gasteiger partial charge in [-0.05, 0) is 48.5 Å². The van der Waals surface area contributed by atoms with Crippen molar-refractivity contribution in [1.29, 1.82) is 0 Å². The second-order valence-corrected chi connectivity index (χ2v) is 6.49. The SMILES string of the molecule is O=C(Nc1ccccc1[S+]([O-])c1ccc(F)cc1)c1ccccc1. The number of carbonyl (C=O) groups is 1. The van der Waals surface area contributed by atoms with Crippen molar-refractivity contribution in [2.45, 2.75) is 9.79 Å². The van der Waals surface area contributed by atoms with Crippen LogP contribution in [0.2, 0.25) is 0 Å². The van der Waals surface area contributed by atoms with Gasteiger partial charge in [-0.2, -0.15) is 0 Å². The van der Waals surface area contributed by atoms with Crippen LogP contribution in [0.15, 0.2) is 88.7 Å². The number of para-hydroxylation sites is 1. The fourth-order valence-corrected chi connectivity index (χ4v) is 3.36. The zero-order valence-electron chi connectivity index (χ0n) is 12.6. The quantitative estimate of drug-likeness (QED) is 0.723. The van der Waals surface area contributed by atoms with Gasteiger partial charge in [-0.25, -0.2) is 4.39 Å². The van der Waals surface area contributed by atoms with Crippen LogP contribution in [-0.2, 0) is 11.2 Å². The predicted molar refractivity (Wildman–Crippen MR) is 91.9 cm³/mol. The predicted octanol–water partition coefficient (Wildman–Crippen LogP) is 4.24. The summed E-state index contributed by atoms with van der Waals surface area (Å²) in [6.07, 6.45) is 0. The Balaban J connectivity index is 1.88. The molecule has 5 heteroatoms. The van der Waals surface area contributed by atoms with Crippen LogP contribution in [0.3, 0.4) is 0 Å². The first kappa shape index (κ1) is 16.2.